The summed E-state index contributed by atoms with van der Waals surface area (Å²) in [6.45, 7) is 0. The molecule has 9 nitrogen and oxygen atoms in total. The van der Waals surface area contributed by atoms with E-state index in [1.54, 1.807) is 0 Å². The van der Waals surface area contributed by atoms with Crippen molar-refractivity contribution in [2.45, 2.75) is 0 Å². The summed E-state index contributed by atoms with van der Waals surface area (Å²) in [6, 6.07) is 153. The average molecular weight is 1650 g/mol. The van der Waals surface area contributed by atoms with Crippen molar-refractivity contribution in [3.8, 4) is 102 Å². The molecule has 0 aliphatic rings. The van der Waals surface area contributed by atoms with Crippen LogP contribution in [-0.4, -0.2) is 29.9 Å². The Morgan fingerprint density at radius 1 is 0.140 bits per heavy atom. The zero-order valence-electron chi connectivity index (χ0n) is 69.5. The van der Waals surface area contributed by atoms with Gasteiger partial charge in [-0.3, -0.25) is 0 Å². The molecule has 0 saturated carbocycles. The van der Waals surface area contributed by atoms with Crippen LogP contribution in [0.15, 0.2) is 450 Å². The summed E-state index contributed by atoms with van der Waals surface area (Å²) in [5, 5.41) is 28.3. The fraction of sp³-hybridized carbons (Fsp3) is 0. The molecule has 0 radical (unpaired) electrons. The molecule has 0 amide bonds. The first-order valence-electron chi connectivity index (χ1n) is 43.5. The topological polar surface area (TPSA) is 117 Å². The maximum Gasteiger partial charge on any atom is 0.227 e. The summed E-state index contributed by atoms with van der Waals surface area (Å²) in [4.78, 5) is 30.0. The van der Waals surface area contributed by atoms with Crippen molar-refractivity contribution in [2.24, 2.45) is 0 Å². The maximum atomic E-state index is 6.47. The van der Waals surface area contributed by atoms with Crippen LogP contribution in [0.4, 0.5) is 0 Å². The van der Waals surface area contributed by atoms with E-state index in [0.717, 1.165) is 182 Å². The molecular weight excluding hydrogens is 1570 g/mol. The van der Waals surface area contributed by atoms with Gasteiger partial charge in [0.05, 0.1) is 34.2 Å². The van der Waals surface area contributed by atoms with E-state index in [0.29, 0.717) is 17.7 Å². The molecule has 129 heavy (non-hydrogen) atoms. The molecular formula is C120H72N6O3. The van der Waals surface area contributed by atoms with Crippen LogP contribution >= 0.6 is 0 Å². The summed E-state index contributed by atoms with van der Waals surface area (Å²) in [6.07, 6.45) is 0. The first-order chi connectivity index (χ1) is 63.9. The van der Waals surface area contributed by atoms with Crippen LogP contribution in [0.2, 0.25) is 0 Å². The minimum absolute atomic E-state index is 0.631. The van der Waals surface area contributed by atoms with Gasteiger partial charge in [-0.25, -0.2) is 29.9 Å². The summed E-state index contributed by atoms with van der Waals surface area (Å²) in [5.41, 5.74) is 20.3. The lowest BCUT2D eigenvalue weighted by atomic mass is 9.92. The second kappa shape index (κ2) is 30.8. The Kier molecular flexibility index (Phi) is 17.7. The molecule has 600 valence electrons. The maximum absolute atomic E-state index is 6.47. The predicted molar refractivity (Wildman–Crippen MR) is 534 cm³/mol. The smallest absolute Gasteiger partial charge is 0.227 e. The lowest BCUT2D eigenvalue weighted by molar-refractivity contribution is 0.623. The molecule has 0 atom stereocenters. The number of rotatable bonds is 9. The minimum atomic E-state index is 0.631. The molecule has 0 saturated heterocycles. The van der Waals surface area contributed by atoms with Crippen LogP contribution in [0.5, 0.6) is 0 Å². The van der Waals surface area contributed by atoms with E-state index < -0.39 is 0 Å². The molecule has 0 aliphatic carbocycles. The van der Waals surface area contributed by atoms with Gasteiger partial charge in [-0.05, 0) is 234 Å². The lowest BCUT2D eigenvalue weighted by Gasteiger charge is -2.13. The van der Waals surface area contributed by atoms with Gasteiger partial charge in [-0.1, -0.05) is 315 Å². The third-order valence-corrected chi connectivity index (χ3v) is 25.4. The zero-order chi connectivity index (χ0) is 85.0. The largest absolute Gasteiger partial charge is 0.435 e. The van der Waals surface area contributed by atoms with Gasteiger partial charge in [0, 0.05) is 66.2 Å². The zero-order valence-corrected chi connectivity index (χ0v) is 69.5. The molecule has 0 spiro atoms. The molecule has 6 heterocycles. The second-order valence-corrected chi connectivity index (χ2v) is 33.0. The van der Waals surface area contributed by atoms with Crippen molar-refractivity contribution in [3.63, 3.8) is 0 Å². The molecule has 0 bridgehead atoms. The van der Waals surface area contributed by atoms with Gasteiger partial charge in [0.2, 0.25) is 17.7 Å². The van der Waals surface area contributed by atoms with Crippen LogP contribution in [0.25, 0.3) is 264 Å². The second-order valence-electron chi connectivity index (χ2n) is 33.0. The minimum Gasteiger partial charge on any atom is -0.435 e. The monoisotopic (exact) mass is 1640 g/mol. The van der Waals surface area contributed by atoms with E-state index in [1.165, 1.54) is 64.6 Å². The van der Waals surface area contributed by atoms with E-state index in [2.05, 4.69) is 328 Å². The highest BCUT2D eigenvalue weighted by Crippen LogP contribution is 2.45. The van der Waals surface area contributed by atoms with Gasteiger partial charge in [-0.2, -0.15) is 0 Å². The summed E-state index contributed by atoms with van der Waals surface area (Å²) < 4.78 is 19.2. The Morgan fingerprint density at radius 3 is 0.961 bits per heavy atom. The van der Waals surface area contributed by atoms with Crippen molar-refractivity contribution < 1.29 is 13.3 Å². The number of pyridine rings is 3. The SMILES string of the molecule is c1ccc(-c2nc3ccc4ccc5cc(-c6cccc(-c7cc8ccccc8c8ccccc78)n6)ccc5c4c3o2)cc1.c1ccc(-c2nc3ccc4ccc5cc(-c6cccc(-c7cccc8ccccc78)n6)ccc5c4c3o2)cc1.c1ccc(-c2nc3ccc4ccc5ccc(-c6cccc(-c7cc8ccc9ccccc9c8c8ccccc78)n6)cc5c4c3o2)cc1. The third-order valence-electron chi connectivity index (χ3n) is 25.4. The number of nitrogens with zero attached hydrogens (tertiary/aromatic N) is 6. The quantitative estimate of drug-likeness (QED) is 0.130. The van der Waals surface area contributed by atoms with Crippen LogP contribution in [0.1, 0.15) is 0 Å². The van der Waals surface area contributed by atoms with Gasteiger partial charge in [-0.15, -0.1) is 0 Å². The fourth-order valence-electron chi connectivity index (χ4n) is 19.2. The lowest BCUT2D eigenvalue weighted by Crippen LogP contribution is -1.91. The first kappa shape index (κ1) is 74.2. The summed E-state index contributed by atoms with van der Waals surface area (Å²) in [5.74, 6) is 1.91. The molecule has 0 N–H and O–H groups in total. The van der Waals surface area contributed by atoms with Crippen LogP contribution in [0, 0.1) is 0 Å². The van der Waals surface area contributed by atoms with Crippen molar-refractivity contribution in [2.75, 3.05) is 0 Å². The Hall–Kier alpha value is -17.4. The number of oxazole rings is 3. The van der Waals surface area contributed by atoms with Crippen LogP contribution in [0.3, 0.4) is 0 Å². The highest BCUT2D eigenvalue weighted by molar-refractivity contribution is 6.25. The molecule has 6 aromatic heterocycles. The van der Waals surface area contributed by atoms with E-state index >= 15 is 0 Å². The standard InChI is InChI=1S/C44H26N2O.C40H24N2O.C36H22N2O/c1-2-10-30(11-3-1)44-46-40-24-23-29-20-17-28-18-21-31(25-36(28)42(29)43(40)47-44)38-15-8-16-39(45-38)37-26-32-22-19-27-9-4-5-12-33(27)41(32)35-14-7-6-13-34(35)37;1-2-9-26(10-3-1)40-42-37-22-20-25-17-18-28-23-29(19-21-31(28)38(25)39(37)43-40)35-15-8-16-36(41-35)34-24-27-11-4-5-12-30(27)32-13-6-7-14-33(32)34;1-2-9-25(10-3-1)36-38-33-21-19-24-16-17-26-22-27(18-20-29(26)34(24)35(33)39-36)31-14-7-15-32(37-31)30-13-6-11-23-8-4-5-12-28(23)30/h1-26H;1-24H;1-22H. The van der Waals surface area contributed by atoms with Crippen molar-refractivity contribution in [3.05, 3.63) is 437 Å². The van der Waals surface area contributed by atoms with Crippen molar-refractivity contribution in [1.82, 2.24) is 29.9 Å². The van der Waals surface area contributed by atoms with E-state index in [9.17, 15) is 0 Å². The van der Waals surface area contributed by atoms with Gasteiger partial charge in [0.25, 0.3) is 0 Å². The fourth-order valence-corrected chi connectivity index (χ4v) is 19.2. The number of hydrogen-bond acceptors (Lipinski definition) is 9. The third kappa shape index (κ3) is 13.1. The van der Waals surface area contributed by atoms with Gasteiger partial charge >= 0.3 is 0 Å². The highest BCUT2D eigenvalue weighted by atomic mass is 16.4. The molecule has 9 heteroatoms. The molecule has 27 rings (SSSR count). The molecule has 0 unspecified atom stereocenters. The van der Waals surface area contributed by atoms with E-state index in [4.69, 9.17) is 43.2 Å². The van der Waals surface area contributed by atoms with Gasteiger partial charge in [0.15, 0.2) is 16.7 Å². The van der Waals surface area contributed by atoms with E-state index in [-0.39, 0.29) is 0 Å². The highest BCUT2D eigenvalue weighted by Gasteiger charge is 2.22. The normalized spacial score (nSPS) is 11.7. The molecule has 27 aromatic rings. The first-order valence-corrected chi connectivity index (χ1v) is 43.5. The Morgan fingerprint density at radius 2 is 0.450 bits per heavy atom. The number of hydrogen-bond donors (Lipinski definition) is 0. The van der Waals surface area contributed by atoms with Crippen molar-refractivity contribution >= 4 is 163 Å². The van der Waals surface area contributed by atoms with Crippen LogP contribution in [-0.2, 0) is 0 Å². The van der Waals surface area contributed by atoms with Crippen molar-refractivity contribution in [1.29, 1.82) is 0 Å². The van der Waals surface area contributed by atoms with Gasteiger partial charge in [0.1, 0.15) is 16.6 Å². The Balaban J connectivity index is 0.000000105. The molecule has 0 aliphatic heterocycles. The molecule has 0 fully saturated rings. The average Bonchev–Trinajstić information content (AvgIpc) is 1.75. The Bertz CT molecular complexity index is 9220. The number of aromatic nitrogens is 6. The predicted octanol–water partition coefficient (Wildman–Crippen LogP) is 32.5. The summed E-state index contributed by atoms with van der Waals surface area (Å²) in [7, 11) is 0. The van der Waals surface area contributed by atoms with Gasteiger partial charge < -0.3 is 13.3 Å². The number of fused-ring (bicyclic) bond motifs is 24. The number of benzene rings is 21. The van der Waals surface area contributed by atoms with E-state index in [1.807, 2.05) is 109 Å². The Labute approximate surface area is 739 Å². The van der Waals surface area contributed by atoms with Crippen LogP contribution < -0.4 is 0 Å². The molecule has 21 aromatic carbocycles. The summed E-state index contributed by atoms with van der Waals surface area (Å²) >= 11 is 0.